The van der Waals surface area contributed by atoms with Crippen molar-refractivity contribution in [1.82, 2.24) is 9.78 Å². The van der Waals surface area contributed by atoms with Crippen molar-refractivity contribution in [2.45, 2.75) is 19.4 Å². The Morgan fingerprint density at radius 3 is 2.73 bits per heavy atom. The van der Waals surface area contributed by atoms with Crippen LogP contribution in [0.15, 0.2) is 42.7 Å². The minimum Gasteiger partial charge on any atom is -0.393 e. The second kappa shape index (κ2) is 4.28. The van der Waals surface area contributed by atoms with Gasteiger partial charge in [-0.3, -0.25) is 0 Å². The number of rotatable bonds is 3. The molecular formula is C12H14N2O. The summed E-state index contributed by atoms with van der Waals surface area (Å²) in [5.41, 5.74) is 2.09. The van der Waals surface area contributed by atoms with Crippen molar-refractivity contribution >= 4 is 0 Å². The summed E-state index contributed by atoms with van der Waals surface area (Å²) in [6.07, 6.45) is 4.06. The smallest absolute Gasteiger partial charge is 0.0645 e. The molecule has 0 fully saturated rings. The number of aliphatic hydroxyl groups excluding tert-OH is 1. The highest BCUT2D eigenvalue weighted by Gasteiger charge is 2.03. The van der Waals surface area contributed by atoms with E-state index in [1.165, 1.54) is 0 Å². The molecule has 0 aliphatic carbocycles. The van der Waals surface area contributed by atoms with Gasteiger partial charge in [0.25, 0.3) is 0 Å². The molecule has 1 heterocycles. The maximum atomic E-state index is 9.25. The number of hydrogen-bond donors (Lipinski definition) is 1. The van der Waals surface area contributed by atoms with E-state index in [0.717, 1.165) is 11.3 Å². The molecule has 0 radical (unpaired) electrons. The molecule has 0 spiro atoms. The maximum absolute atomic E-state index is 9.25. The molecular weight excluding hydrogens is 188 g/mol. The normalized spacial score (nSPS) is 12.7. The summed E-state index contributed by atoms with van der Waals surface area (Å²) >= 11 is 0. The molecule has 3 nitrogen and oxygen atoms in total. The standard InChI is InChI=1S/C12H14N2O/c1-10(15)7-11-8-13-14(9-11)12-5-3-2-4-6-12/h2-6,8-10,15H,7H2,1H3. The third-order valence-corrected chi connectivity index (χ3v) is 2.19. The molecule has 2 rings (SSSR count). The van der Waals surface area contributed by atoms with E-state index in [4.69, 9.17) is 0 Å². The van der Waals surface area contributed by atoms with Crippen molar-refractivity contribution < 1.29 is 5.11 Å². The zero-order chi connectivity index (χ0) is 10.7. The van der Waals surface area contributed by atoms with Gasteiger partial charge in [-0.05, 0) is 24.6 Å². The van der Waals surface area contributed by atoms with Gasteiger partial charge in [0, 0.05) is 12.6 Å². The fourth-order valence-electron chi connectivity index (χ4n) is 1.53. The predicted molar refractivity (Wildman–Crippen MR) is 58.9 cm³/mol. The van der Waals surface area contributed by atoms with Crippen molar-refractivity contribution in [3.8, 4) is 5.69 Å². The van der Waals surface area contributed by atoms with Crippen LogP contribution in [0.4, 0.5) is 0 Å². The van der Waals surface area contributed by atoms with Crippen LogP contribution in [-0.2, 0) is 6.42 Å². The van der Waals surface area contributed by atoms with E-state index < -0.39 is 0 Å². The average Bonchev–Trinajstić information content (AvgIpc) is 2.67. The summed E-state index contributed by atoms with van der Waals surface area (Å²) in [6.45, 7) is 1.78. The number of aromatic nitrogens is 2. The average molecular weight is 202 g/mol. The van der Waals surface area contributed by atoms with E-state index in [1.807, 2.05) is 41.2 Å². The van der Waals surface area contributed by atoms with Crippen molar-refractivity contribution in [2.24, 2.45) is 0 Å². The number of para-hydroxylation sites is 1. The Hall–Kier alpha value is -1.61. The van der Waals surface area contributed by atoms with Gasteiger partial charge in [-0.2, -0.15) is 5.10 Å². The lowest BCUT2D eigenvalue weighted by molar-refractivity contribution is 0.195. The van der Waals surface area contributed by atoms with Crippen LogP contribution < -0.4 is 0 Å². The van der Waals surface area contributed by atoms with Crippen molar-refractivity contribution in [3.05, 3.63) is 48.3 Å². The molecule has 0 amide bonds. The molecule has 3 heteroatoms. The number of benzene rings is 1. The molecule has 2 aromatic rings. The maximum Gasteiger partial charge on any atom is 0.0645 e. The van der Waals surface area contributed by atoms with E-state index in [-0.39, 0.29) is 6.10 Å². The summed E-state index contributed by atoms with van der Waals surface area (Å²) in [5.74, 6) is 0. The molecule has 1 atom stereocenters. The van der Waals surface area contributed by atoms with Crippen LogP contribution in [0.5, 0.6) is 0 Å². The highest BCUT2D eigenvalue weighted by Crippen LogP contribution is 2.08. The van der Waals surface area contributed by atoms with Gasteiger partial charge in [-0.25, -0.2) is 4.68 Å². The third kappa shape index (κ3) is 2.44. The molecule has 0 aliphatic heterocycles. The first-order valence-corrected chi connectivity index (χ1v) is 5.03. The SMILES string of the molecule is CC(O)Cc1cnn(-c2ccccc2)c1. The van der Waals surface area contributed by atoms with E-state index in [1.54, 1.807) is 13.1 Å². The van der Waals surface area contributed by atoms with Crippen LogP contribution in [0, 0.1) is 0 Å². The van der Waals surface area contributed by atoms with Crippen molar-refractivity contribution in [2.75, 3.05) is 0 Å². The van der Waals surface area contributed by atoms with E-state index in [9.17, 15) is 5.11 Å². The second-order valence-corrected chi connectivity index (χ2v) is 3.68. The Morgan fingerprint density at radius 2 is 2.07 bits per heavy atom. The second-order valence-electron chi connectivity index (χ2n) is 3.68. The van der Waals surface area contributed by atoms with Gasteiger partial charge in [0.15, 0.2) is 0 Å². The minimum absolute atomic E-state index is 0.321. The minimum atomic E-state index is -0.321. The van der Waals surface area contributed by atoms with Gasteiger partial charge >= 0.3 is 0 Å². The summed E-state index contributed by atoms with van der Waals surface area (Å²) < 4.78 is 1.82. The van der Waals surface area contributed by atoms with Crippen LogP contribution in [0.25, 0.3) is 5.69 Å². The van der Waals surface area contributed by atoms with Crippen LogP contribution in [-0.4, -0.2) is 21.0 Å². The zero-order valence-corrected chi connectivity index (χ0v) is 8.67. The lowest BCUT2D eigenvalue weighted by Gasteiger charge is -2.00. The van der Waals surface area contributed by atoms with Gasteiger partial charge in [0.05, 0.1) is 18.0 Å². The number of aliphatic hydroxyl groups is 1. The molecule has 15 heavy (non-hydrogen) atoms. The summed E-state index contributed by atoms with van der Waals surface area (Å²) in [7, 11) is 0. The molecule has 1 aromatic carbocycles. The molecule has 0 aliphatic rings. The summed E-state index contributed by atoms with van der Waals surface area (Å²) in [6, 6.07) is 9.93. The van der Waals surface area contributed by atoms with Gasteiger partial charge < -0.3 is 5.11 Å². The first-order valence-electron chi connectivity index (χ1n) is 5.03. The topological polar surface area (TPSA) is 38.1 Å². The zero-order valence-electron chi connectivity index (χ0n) is 8.67. The van der Waals surface area contributed by atoms with Gasteiger partial charge in [-0.1, -0.05) is 18.2 Å². The largest absolute Gasteiger partial charge is 0.393 e. The van der Waals surface area contributed by atoms with Gasteiger partial charge in [0.1, 0.15) is 0 Å². The van der Waals surface area contributed by atoms with Gasteiger partial charge in [-0.15, -0.1) is 0 Å². The molecule has 1 N–H and O–H groups in total. The Kier molecular flexibility index (Phi) is 2.83. The molecule has 1 unspecified atom stereocenters. The Morgan fingerprint density at radius 1 is 1.33 bits per heavy atom. The quantitative estimate of drug-likeness (QED) is 0.824. The van der Waals surface area contributed by atoms with Crippen molar-refractivity contribution in [3.63, 3.8) is 0 Å². The summed E-state index contributed by atoms with van der Waals surface area (Å²) in [5, 5.41) is 13.5. The van der Waals surface area contributed by atoms with E-state index in [2.05, 4.69) is 5.10 Å². The highest BCUT2D eigenvalue weighted by molar-refractivity contribution is 5.30. The Balaban J connectivity index is 2.21. The number of nitrogens with zero attached hydrogens (tertiary/aromatic N) is 2. The lowest BCUT2D eigenvalue weighted by atomic mass is 10.2. The van der Waals surface area contributed by atoms with Crippen LogP contribution >= 0.6 is 0 Å². The Bertz CT molecular complexity index is 420. The molecule has 1 aromatic heterocycles. The molecule has 0 saturated carbocycles. The molecule has 0 saturated heterocycles. The fourth-order valence-corrected chi connectivity index (χ4v) is 1.53. The van der Waals surface area contributed by atoms with Crippen LogP contribution in [0.3, 0.4) is 0 Å². The molecule has 0 bridgehead atoms. The number of hydrogen-bond acceptors (Lipinski definition) is 2. The first kappa shape index (κ1) is 9.93. The van der Waals surface area contributed by atoms with Gasteiger partial charge in [0.2, 0.25) is 0 Å². The lowest BCUT2D eigenvalue weighted by Crippen LogP contribution is -2.03. The predicted octanol–water partition coefficient (Wildman–Crippen LogP) is 1.80. The molecule has 78 valence electrons. The highest BCUT2D eigenvalue weighted by atomic mass is 16.3. The van der Waals surface area contributed by atoms with E-state index >= 15 is 0 Å². The summed E-state index contributed by atoms with van der Waals surface area (Å²) in [4.78, 5) is 0. The van der Waals surface area contributed by atoms with Crippen LogP contribution in [0.1, 0.15) is 12.5 Å². The van der Waals surface area contributed by atoms with E-state index in [0.29, 0.717) is 6.42 Å². The third-order valence-electron chi connectivity index (χ3n) is 2.19. The van der Waals surface area contributed by atoms with Crippen molar-refractivity contribution in [1.29, 1.82) is 0 Å². The Labute approximate surface area is 89.0 Å². The fraction of sp³-hybridized carbons (Fsp3) is 0.250. The monoisotopic (exact) mass is 202 g/mol. The van der Waals surface area contributed by atoms with Crippen LogP contribution in [0.2, 0.25) is 0 Å². The first-order chi connectivity index (χ1) is 7.25.